The van der Waals surface area contributed by atoms with Crippen LogP contribution in [0.5, 0.6) is 0 Å². The summed E-state index contributed by atoms with van der Waals surface area (Å²) in [7, 11) is 0. The van der Waals surface area contributed by atoms with Crippen molar-refractivity contribution in [2.24, 2.45) is 0 Å². The molecule has 1 atom stereocenters. The second-order valence-electron chi connectivity index (χ2n) is 9.40. The third-order valence-electron chi connectivity index (χ3n) is 6.98. The minimum Gasteiger partial charge on any atom is -0.458 e. The van der Waals surface area contributed by atoms with Crippen molar-refractivity contribution >= 4 is 27.8 Å². The molecule has 0 amide bonds. The predicted molar refractivity (Wildman–Crippen MR) is 146 cm³/mol. The summed E-state index contributed by atoms with van der Waals surface area (Å²) in [5.41, 5.74) is 11.5. The quantitative estimate of drug-likeness (QED) is 0.306. The van der Waals surface area contributed by atoms with Crippen LogP contribution in [0.3, 0.4) is 0 Å². The second kappa shape index (κ2) is 8.92. The fourth-order valence-corrected chi connectivity index (χ4v) is 4.84. The van der Waals surface area contributed by atoms with E-state index in [9.17, 15) is 9.18 Å². The number of anilines is 1. The zero-order valence-electron chi connectivity index (χ0n) is 21.1. The number of para-hydroxylation sites is 1. The van der Waals surface area contributed by atoms with Crippen LogP contribution in [0.4, 0.5) is 10.2 Å². The van der Waals surface area contributed by atoms with Gasteiger partial charge in [0.15, 0.2) is 5.65 Å². The molecule has 3 heterocycles. The van der Waals surface area contributed by atoms with Gasteiger partial charge in [-0.1, -0.05) is 36.4 Å². The molecule has 38 heavy (non-hydrogen) atoms. The van der Waals surface area contributed by atoms with Crippen molar-refractivity contribution < 1.29 is 8.81 Å². The average molecular weight is 506 g/mol. The summed E-state index contributed by atoms with van der Waals surface area (Å²) in [6, 6.07) is 18.4. The van der Waals surface area contributed by atoms with E-state index in [-0.39, 0.29) is 11.0 Å². The molecule has 0 radical (unpaired) electrons. The Bertz CT molecular complexity index is 1920. The standard InChI is InChI=1S/C30H24FN5O2/c1-16-11-12-20(13-17(16)2)26-25-29(32)33-15-34-30(25)36(35-26)18(3)28-24(19-7-6-8-21(31)14-19)27(37)22-9-4-5-10-23(22)38-28/h4-15,18H,1-3H3,(H2,32,33,34). The van der Waals surface area contributed by atoms with E-state index in [0.717, 1.165) is 16.7 Å². The molecule has 8 heteroatoms. The van der Waals surface area contributed by atoms with Gasteiger partial charge in [-0.3, -0.25) is 4.79 Å². The second-order valence-corrected chi connectivity index (χ2v) is 9.40. The van der Waals surface area contributed by atoms with Crippen molar-refractivity contribution in [2.45, 2.75) is 26.8 Å². The lowest BCUT2D eigenvalue weighted by molar-refractivity contribution is 0.446. The number of nitrogen functional groups attached to an aromatic ring is 1. The molecule has 3 aromatic heterocycles. The Kier molecular flexibility index (Phi) is 5.52. The first-order valence-corrected chi connectivity index (χ1v) is 12.2. The minimum absolute atomic E-state index is 0.251. The van der Waals surface area contributed by atoms with Gasteiger partial charge in [0.05, 0.1) is 16.3 Å². The van der Waals surface area contributed by atoms with E-state index in [1.54, 1.807) is 41.1 Å². The molecule has 6 aromatic rings. The van der Waals surface area contributed by atoms with Crippen molar-refractivity contribution in [3.05, 3.63) is 106 Å². The molecule has 0 aliphatic heterocycles. The number of nitrogens with zero attached hydrogens (tertiary/aromatic N) is 4. The van der Waals surface area contributed by atoms with Gasteiger partial charge in [0.25, 0.3) is 0 Å². The van der Waals surface area contributed by atoms with Gasteiger partial charge in [0.2, 0.25) is 5.43 Å². The molecule has 0 fully saturated rings. The fourth-order valence-electron chi connectivity index (χ4n) is 4.84. The van der Waals surface area contributed by atoms with Gasteiger partial charge in [-0.15, -0.1) is 0 Å². The van der Waals surface area contributed by atoms with Crippen LogP contribution in [0.1, 0.15) is 29.9 Å². The van der Waals surface area contributed by atoms with E-state index in [4.69, 9.17) is 15.2 Å². The largest absolute Gasteiger partial charge is 0.458 e. The summed E-state index contributed by atoms with van der Waals surface area (Å²) in [6.45, 7) is 5.95. The van der Waals surface area contributed by atoms with Crippen molar-refractivity contribution in [1.82, 2.24) is 19.7 Å². The lowest BCUT2D eigenvalue weighted by Gasteiger charge is -2.17. The summed E-state index contributed by atoms with van der Waals surface area (Å²) in [4.78, 5) is 22.5. The monoisotopic (exact) mass is 505 g/mol. The number of fused-ring (bicyclic) bond motifs is 2. The van der Waals surface area contributed by atoms with Crippen LogP contribution in [0.2, 0.25) is 0 Å². The molecule has 0 saturated heterocycles. The highest BCUT2D eigenvalue weighted by molar-refractivity contribution is 5.98. The number of hydrogen-bond acceptors (Lipinski definition) is 6. The van der Waals surface area contributed by atoms with Crippen LogP contribution in [0.25, 0.3) is 44.4 Å². The summed E-state index contributed by atoms with van der Waals surface area (Å²) in [5.74, 6) is 0.190. The van der Waals surface area contributed by atoms with Crippen LogP contribution in [-0.2, 0) is 0 Å². The Morgan fingerprint density at radius 1 is 0.947 bits per heavy atom. The molecule has 3 aromatic carbocycles. The molecule has 0 spiro atoms. The number of nitrogens with two attached hydrogens (primary N) is 1. The van der Waals surface area contributed by atoms with Crippen molar-refractivity contribution in [3.63, 3.8) is 0 Å². The molecule has 2 N–H and O–H groups in total. The molecule has 6 rings (SSSR count). The van der Waals surface area contributed by atoms with Crippen LogP contribution >= 0.6 is 0 Å². The van der Waals surface area contributed by atoms with Gasteiger partial charge in [0, 0.05) is 5.56 Å². The molecule has 7 nitrogen and oxygen atoms in total. The molecular weight excluding hydrogens is 481 g/mol. The van der Waals surface area contributed by atoms with Crippen LogP contribution in [0, 0.1) is 19.7 Å². The topological polar surface area (TPSA) is 99.8 Å². The minimum atomic E-state index is -0.595. The highest BCUT2D eigenvalue weighted by Crippen LogP contribution is 2.36. The molecule has 0 aliphatic rings. The third kappa shape index (κ3) is 3.73. The highest BCUT2D eigenvalue weighted by atomic mass is 19.1. The summed E-state index contributed by atoms with van der Waals surface area (Å²) >= 11 is 0. The normalized spacial score (nSPS) is 12.3. The van der Waals surface area contributed by atoms with Gasteiger partial charge in [0.1, 0.15) is 41.0 Å². The van der Waals surface area contributed by atoms with Crippen LogP contribution in [-0.4, -0.2) is 19.7 Å². The van der Waals surface area contributed by atoms with E-state index >= 15 is 0 Å². The number of aromatic nitrogens is 4. The maximum absolute atomic E-state index is 14.3. The molecule has 0 aliphatic carbocycles. The summed E-state index contributed by atoms with van der Waals surface area (Å²) in [6.07, 6.45) is 1.39. The number of aryl methyl sites for hydroxylation is 2. The Morgan fingerprint density at radius 3 is 2.55 bits per heavy atom. The molecular formula is C30H24FN5O2. The Morgan fingerprint density at radius 2 is 1.76 bits per heavy atom. The van der Waals surface area contributed by atoms with Crippen molar-refractivity contribution in [3.8, 4) is 22.4 Å². The smallest absolute Gasteiger partial charge is 0.200 e. The van der Waals surface area contributed by atoms with E-state index in [1.807, 2.05) is 39.0 Å². The van der Waals surface area contributed by atoms with Gasteiger partial charge in [-0.05, 0) is 67.8 Å². The van der Waals surface area contributed by atoms with Gasteiger partial charge in [-0.2, -0.15) is 5.10 Å². The van der Waals surface area contributed by atoms with Gasteiger partial charge < -0.3 is 10.2 Å². The zero-order chi connectivity index (χ0) is 26.6. The number of rotatable bonds is 4. The van der Waals surface area contributed by atoms with Crippen molar-refractivity contribution in [2.75, 3.05) is 5.73 Å². The molecule has 0 saturated carbocycles. The SMILES string of the molecule is Cc1ccc(-c2nn(C(C)c3oc4ccccc4c(=O)c3-c3cccc(F)c3)c3ncnc(N)c23)cc1C. The Labute approximate surface area is 217 Å². The summed E-state index contributed by atoms with van der Waals surface area (Å²) in [5, 5.41) is 5.95. The highest BCUT2D eigenvalue weighted by Gasteiger charge is 2.27. The Balaban J connectivity index is 1.64. The zero-order valence-corrected chi connectivity index (χ0v) is 21.1. The summed E-state index contributed by atoms with van der Waals surface area (Å²) < 4.78 is 22.3. The predicted octanol–water partition coefficient (Wildman–Crippen LogP) is 6.21. The number of benzene rings is 3. The number of halogens is 1. The van der Waals surface area contributed by atoms with Crippen LogP contribution in [0.15, 0.2) is 82.3 Å². The fraction of sp³-hybridized carbons (Fsp3) is 0.133. The van der Waals surface area contributed by atoms with Crippen molar-refractivity contribution in [1.29, 1.82) is 0 Å². The molecule has 188 valence electrons. The Hall–Kier alpha value is -4.85. The van der Waals surface area contributed by atoms with E-state index < -0.39 is 11.9 Å². The first-order chi connectivity index (χ1) is 18.3. The lowest BCUT2D eigenvalue weighted by atomic mass is 9.99. The van der Waals surface area contributed by atoms with E-state index in [0.29, 0.717) is 44.8 Å². The van der Waals surface area contributed by atoms with E-state index in [2.05, 4.69) is 9.97 Å². The number of hydrogen-bond donors (Lipinski definition) is 1. The van der Waals surface area contributed by atoms with Gasteiger partial charge >= 0.3 is 0 Å². The molecule has 1 unspecified atom stereocenters. The van der Waals surface area contributed by atoms with E-state index in [1.165, 1.54) is 18.5 Å². The first-order valence-electron chi connectivity index (χ1n) is 12.2. The maximum atomic E-state index is 14.3. The maximum Gasteiger partial charge on any atom is 0.200 e. The average Bonchev–Trinajstić information content (AvgIpc) is 3.31. The lowest BCUT2D eigenvalue weighted by Crippen LogP contribution is -2.16. The first kappa shape index (κ1) is 23.5. The third-order valence-corrected chi connectivity index (χ3v) is 6.98. The van der Waals surface area contributed by atoms with Crippen LogP contribution < -0.4 is 11.2 Å². The van der Waals surface area contributed by atoms with Gasteiger partial charge in [-0.25, -0.2) is 19.0 Å². The molecule has 0 bridgehead atoms.